The van der Waals surface area contributed by atoms with Crippen LogP contribution < -0.4 is 10.6 Å². The van der Waals surface area contributed by atoms with Gasteiger partial charge in [0.2, 0.25) is 0 Å². The first-order chi connectivity index (χ1) is 9.17. The van der Waals surface area contributed by atoms with Crippen LogP contribution in [0.1, 0.15) is 12.8 Å². The van der Waals surface area contributed by atoms with Crippen molar-refractivity contribution in [3.05, 3.63) is 0 Å². The van der Waals surface area contributed by atoms with E-state index in [9.17, 15) is 19.2 Å². The fraction of sp³-hybridized carbons (Fsp3) is 0.600. The van der Waals surface area contributed by atoms with Crippen LogP contribution in [0.15, 0.2) is 0 Å². The summed E-state index contributed by atoms with van der Waals surface area (Å²) in [6.45, 7) is -1.46. The Bertz CT molecular complexity index is 394. The van der Waals surface area contributed by atoms with E-state index in [-0.39, 0.29) is 125 Å². The second kappa shape index (κ2) is 19.6. The summed E-state index contributed by atoms with van der Waals surface area (Å²) in [5, 5.41) is 39.4. The number of hydrogen-bond donors (Lipinski definition) is 6. The van der Waals surface area contributed by atoms with Gasteiger partial charge in [0.1, 0.15) is 0 Å². The molecule has 6 N–H and O–H groups in total. The van der Waals surface area contributed by atoms with Gasteiger partial charge >= 0.3 is 142 Å². The van der Waals surface area contributed by atoms with Crippen LogP contribution in [-0.4, -0.2) is 188 Å². The van der Waals surface area contributed by atoms with E-state index < -0.39 is 55.3 Å². The minimum absolute atomic E-state index is 0. The average Bonchev–Trinajstić information content (AvgIpc) is 2.24. The first kappa shape index (κ1) is 36.7. The van der Waals surface area contributed by atoms with Gasteiger partial charge in [-0.25, -0.2) is 0 Å². The van der Waals surface area contributed by atoms with Crippen LogP contribution in [0.2, 0.25) is 0 Å². The number of carboxylic acids is 4. The van der Waals surface area contributed by atoms with Crippen LogP contribution in [0.25, 0.3) is 0 Å². The molecule has 0 atom stereocenters. The second-order valence-corrected chi connectivity index (χ2v) is 4.17. The van der Waals surface area contributed by atoms with Crippen molar-refractivity contribution >= 4 is 142 Å². The summed E-state index contributed by atoms with van der Waals surface area (Å²) in [6, 6.07) is 0. The molecule has 0 saturated heterocycles. The zero-order valence-electron chi connectivity index (χ0n) is 10.5. The third-order valence-electron chi connectivity index (χ3n) is 2.33. The third kappa shape index (κ3) is 20.1. The molecule has 14 heteroatoms. The standard InChI is InChI=1S/C10H16N2O8.4Na.4H/c13-6(14)1-10(2-7(15)16,12-4-9(19)20)5-11-3-8(17)18;;;;;;;;/h11-12H,1-5H2,(H,13,14)(H,15,16)(H,17,18)(H,19,20);;;;;;;;. The van der Waals surface area contributed by atoms with Gasteiger partial charge in [0.25, 0.3) is 0 Å². The molecular weight excluding hydrogens is 368 g/mol. The Kier molecular flexibility index (Phi) is 29.9. The molecule has 0 bridgehead atoms. The molecule has 0 fully saturated rings. The monoisotopic (exact) mass is 388 g/mol. The van der Waals surface area contributed by atoms with Crippen LogP contribution in [-0.2, 0) is 19.2 Å². The molecule has 0 rings (SSSR count). The fourth-order valence-corrected chi connectivity index (χ4v) is 1.63. The molecule has 0 aromatic rings. The zero-order valence-corrected chi connectivity index (χ0v) is 10.5. The number of carboxylic acid groups (broad SMARTS) is 4. The summed E-state index contributed by atoms with van der Waals surface area (Å²) in [6.07, 6.45) is -1.33. The molecule has 0 spiro atoms. The van der Waals surface area contributed by atoms with Gasteiger partial charge in [0, 0.05) is 6.54 Å². The molecule has 0 aliphatic heterocycles. The number of aliphatic carboxylic acids is 4. The molecule has 0 heterocycles. The van der Waals surface area contributed by atoms with E-state index >= 15 is 0 Å². The van der Waals surface area contributed by atoms with Crippen molar-refractivity contribution in [2.45, 2.75) is 18.4 Å². The molecule has 122 valence electrons. The van der Waals surface area contributed by atoms with Gasteiger partial charge in [-0.05, 0) is 0 Å². The summed E-state index contributed by atoms with van der Waals surface area (Å²) < 4.78 is 0. The number of carbonyl (C=O) groups is 4. The summed E-state index contributed by atoms with van der Waals surface area (Å²) in [5.41, 5.74) is -1.59. The molecule has 0 radical (unpaired) electrons. The molecule has 0 saturated carbocycles. The third-order valence-corrected chi connectivity index (χ3v) is 2.33. The van der Waals surface area contributed by atoms with E-state index in [4.69, 9.17) is 20.4 Å². The number of hydrogen-bond acceptors (Lipinski definition) is 6. The van der Waals surface area contributed by atoms with E-state index in [0.717, 1.165) is 0 Å². The van der Waals surface area contributed by atoms with Gasteiger partial charge in [-0.3, -0.25) is 24.5 Å². The summed E-state index contributed by atoms with van der Waals surface area (Å²) in [5.74, 6) is -5.16. The Morgan fingerprint density at radius 3 is 1.33 bits per heavy atom. The SMILES string of the molecule is O=C(O)CNCC(CC(=O)O)(CC(=O)O)NCC(=O)O.[NaH].[NaH].[NaH].[NaH]. The van der Waals surface area contributed by atoms with Crippen molar-refractivity contribution < 1.29 is 39.6 Å². The van der Waals surface area contributed by atoms with Crippen LogP contribution >= 0.6 is 0 Å². The van der Waals surface area contributed by atoms with E-state index in [2.05, 4.69) is 10.6 Å². The Labute approximate surface area is 227 Å². The number of rotatable bonds is 11. The predicted octanol–water partition coefficient (Wildman–Crippen LogP) is -4.57. The van der Waals surface area contributed by atoms with Gasteiger partial charge in [-0.15, -0.1) is 0 Å². The van der Waals surface area contributed by atoms with Crippen LogP contribution in [0, 0.1) is 0 Å². The molecule has 0 unspecified atom stereocenters. The van der Waals surface area contributed by atoms with Crippen molar-refractivity contribution in [3.8, 4) is 0 Å². The van der Waals surface area contributed by atoms with Gasteiger partial charge < -0.3 is 25.7 Å². The molecule has 0 aromatic carbocycles. The summed E-state index contributed by atoms with van der Waals surface area (Å²) in [7, 11) is 0. The maximum atomic E-state index is 10.8. The summed E-state index contributed by atoms with van der Waals surface area (Å²) >= 11 is 0. The minimum atomic E-state index is -1.59. The molecule has 0 amide bonds. The fourth-order valence-electron chi connectivity index (χ4n) is 1.63. The Balaban J connectivity index is -0.000000301. The first-order valence-corrected chi connectivity index (χ1v) is 5.50. The summed E-state index contributed by atoms with van der Waals surface area (Å²) in [4.78, 5) is 42.5. The van der Waals surface area contributed by atoms with Gasteiger partial charge in [-0.1, -0.05) is 0 Å². The van der Waals surface area contributed by atoms with Crippen molar-refractivity contribution in [2.24, 2.45) is 0 Å². The quantitative estimate of drug-likeness (QED) is 0.189. The van der Waals surface area contributed by atoms with E-state index in [0.29, 0.717) is 0 Å². The Morgan fingerprint density at radius 2 is 1.04 bits per heavy atom. The average molecular weight is 388 g/mol. The molecule has 0 aliphatic carbocycles. The van der Waals surface area contributed by atoms with Crippen molar-refractivity contribution in [1.82, 2.24) is 10.6 Å². The number of nitrogens with one attached hydrogen (secondary N) is 2. The van der Waals surface area contributed by atoms with E-state index in [1.54, 1.807) is 0 Å². The Hall–Kier alpha value is 1.80. The van der Waals surface area contributed by atoms with Gasteiger partial charge in [-0.2, -0.15) is 0 Å². The molecule has 10 nitrogen and oxygen atoms in total. The van der Waals surface area contributed by atoms with Crippen LogP contribution in [0.3, 0.4) is 0 Å². The topological polar surface area (TPSA) is 173 Å². The van der Waals surface area contributed by atoms with Crippen molar-refractivity contribution in [1.29, 1.82) is 0 Å². The predicted molar refractivity (Wildman–Crippen MR) is 92.0 cm³/mol. The Morgan fingerprint density at radius 1 is 0.667 bits per heavy atom. The van der Waals surface area contributed by atoms with E-state index in [1.807, 2.05) is 0 Å². The second-order valence-electron chi connectivity index (χ2n) is 4.17. The van der Waals surface area contributed by atoms with Crippen molar-refractivity contribution in [3.63, 3.8) is 0 Å². The van der Waals surface area contributed by atoms with Crippen molar-refractivity contribution in [2.75, 3.05) is 19.6 Å². The van der Waals surface area contributed by atoms with Gasteiger partial charge in [0.15, 0.2) is 0 Å². The molecule has 0 aromatic heterocycles. The molecule has 24 heavy (non-hydrogen) atoms. The molecule has 0 aliphatic rings. The first-order valence-electron chi connectivity index (χ1n) is 5.50. The maximum absolute atomic E-state index is 10.8. The van der Waals surface area contributed by atoms with Gasteiger partial charge in [0.05, 0.1) is 31.5 Å². The van der Waals surface area contributed by atoms with E-state index in [1.165, 1.54) is 0 Å². The normalized spacial score (nSPS) is 9.17. The zero-order chi connectivity index (χ0) is 15.8. The van der Waals surface area contributed by atoms with Crippen LogP contribution in [0.5, 0.6) is 0 Å². The van der Waals surface area contributed by atoms with Crippen LogP contribution in [0.4, 0.5) is 0 Å². The molecular formula is C10H20N2Na4O8.